The van der Waals surface area contributed by atoms with Crippen LogP contribution in [0.1, 0.15) is 0 Å². The monoisotopic (exact) mass is 283 g/mol. The van der Waals surface area contributed by atoms with Gasteiger partial charge in [-0.3, -0.25) is 0 Å². The van der Waals surface area contributed by atoms with Crippen LogP contribution in [0.4, 0.5) is 17.3 Å². The Hall–Kier alpha value is -2.30. The number of piperazine rings is 1. The minimum absolute atomic E-state index is 0.950. The third-order valence-corrected chi connectivity index (χ3v) is 3.82. The maximum atomic E-state index is 4.41. The largest absolute Gasteiger partial charge is 0.368 e. The van der Waals surface area contributed by atoms with Crippen molar-refractivity contribution < 1.29 is 0 Å². The zero-order valence-corrected chi connectivity index (χ0v) is 12.6. The molecule has 0 aliphatic carbocycles. The lowest BCUT2D eigenvalue weighted by Crippen LogP contribution is -2.46. The van der Waals surface area contributed by atoms with E-state index in [1.165, 1.54) is 5.69 Å². The molecule has 3 rings (SSSR count). The Kier molecular flexibility index (Phi) is 3.90. The predicted molar refractivity (Wildman–Crippen MR) is 87.2 cm³/mol. The first-order valence-corrected chi connectivity index (χ1v) is 7.28. The molecule has 0 atom stereocenters. The summed E-state index contributed by atoms with van der Waals surface area (Å²) in [6, 6.07) is 12.6. The average Bonchev–Trinajstić information content (AvgIpc) is 2.56. The maximum absolute atomic E-state index is 4.41. The van der Waals surface area contributed by atoms with Gasteiger partial charge in [-0.2, -0.15) is 0 Å². The molecule has 0 radical (unpaired) electrons. The fourth-order valence-corrected chi connectivity index (χ4v) is 2.59. The van der Waals surface area contributed by atoms with Crippen LogP contribution in [-0.4, -0.2) is 50.2 Å². The van der Waals surface area contributed by atoms with Gasteiger partial charge in [0.25, 0.3) is 0 Å². The molecule has 0 saturated carbocycles. The van der Waals surface area contributed by atoms with Crippen molar-refractivity contribution in [1.82, 2.24) is 9.97 Å². The van der Waals surface area contributed by atoms with E-state index in [2.05, 4.69) is 56.2 Å². The summed E-state index contributed by atoms with van der Waals surface area (Å²) in [5.41, 5.74) is 1.30. The summed E-state index contributed by atoms with van der Waals surface area (Å²) in [6.45, 7) is 4.01. The van der Waals surface area contributed by atoms with Gasteiger partial charge in [-0.1, -0.05) is 18.2 Å². The Morgan fingerprint density at radius 3 is 2.24 bits per heavy atom. The van der Waals surface area contributed by atoms with E-state index < -0.39 is 0 Å². The summed E-state index contributed by atoms with van der Waals surface area (Å²) in [6.07, 6.45) is 1.65. The lowest BCUT2D eigenvalue weighted by Gasteiger charge is -2.36. The predicted octanol–water partition coefficient (Wildman–Crippen LogP) is 1.87. The van der Waals surface area contributed by atoms with Gasteiger partial charge in [-0.25, -0.2) is 9.97 Å². The smallest absolute Gasteiger partial charge is 0.134 e. The molecule has 0 unspecified atom stereocenters. The standard InChI is InChI=1S/C16H21N5/c1-19(2)15-12-16(18-13-17-15)21-10-8-20(9-11-21)14-6-4-3-5-7-14/h3-7,12-13H,8-11H2,1-2H3. The molecule has 5 heteroatoms. The van der Waals surface area contributed by atoms with Crippen LogP contribution in [0.2, 0.25) is 0 Å². The molecule has 1 aliphatic heterocycles. The Balaban J connectivity index is 1.67. The summed E-state index contributed by atoms with van der Waals surface area (Å²) in [5, 5.41) is 0. The topological polar surface area (TPSA) is 35.5 Å². The molecule has 1 aromatic carbocycles. The van der Waals surface area contributed by atoms with Crippen molar-refractivity contribution in [3.63, 3.8) is 0 Å². The fraction of sp³-hybridized carbons (Fsp3) is 0.375. The van der Waals surface area contributed by atoms with Crippen LogP contribution in [-0.2, 0) is 0 Å². The summed E-state index contributed by atoms with van der Waals surface area (Å²) < 4.78 is 0. The van der Waals surface area contributed by atoms with E-state index in [1.54, 1.807) is 6.33 Å². The molecule has 1 aliphatic rings. The first-order valence-electron chi connectivity index (χ1n) is 7.28. The van der Waals surface area contributed by atoms with Gasteiger partial charge in [-0.15, -0.1) is 0 Å². The minimum Gasteiger partial charge on any atom is -0.368 e. The van der Waals surface area contributed by atoms with Crippen LogP contribution in [0.25, 0.3) is 0 Å². The van der Waals surface area contributed by atoms with Crippen LogP contribution in [0.15, 0.2) is 42.7 Å². The molecule has 2 heterocycles. The van der Waals surface area contributed by atoms with E-state index >= 15 is 0 Å². The van der Waals surface area contributed by atoms with Gasteiger partial charge in [0.2, 0.25) is 0 Å². The SMILES string of the molecule is CN(C)c1cc(N2CCN(c3ccccc3)CC2)ncn1. The van der Waals surface area contributed by atoms with Crippen LogP contribution in [0, 0.1) is 0 Å². The molecule has 5 nitrogen and oxygen atoms in total. The lowest BCUT2D eigenvalue weighted by atomic mass is 10.2. The van der Waals surface area contributed by atoms with E-state index in [9.17, 15) is 0 Å². The molecular formula is C16H21N5. The Bertz CT molecular complexity index is 576. The number of para-hydroxylation sites is 1. The zero-order valence-electron chi connectivity index (χ0n) is 12.6. The van der Waals surface area contributed by atoms with Crippen molar-refractivity contribution >= 4 is 17.3 Å². The summed E-state index contributed by atoms with van der Waals surface area (Å²) >= 11 is 0. The third-order valence-electron chi connectivity index (χ3n) is 3.82. The summed E-state index contributed by atoms with van der Waals surface area (Å²) in [7, 11) is 4.00. The highest BCUT2D eigenvalue weighted by atomic mass is 15.3. The number of hydrogen-bond acceptors (Lipinski definition) is 5. The Morgan fingerprint density at radius 2 is 1.57 bits per heavy atom. The summed E-state index contributed by atoms with van der Waals surface area (Å²) in [4.78, 5) is 15.4. The van der Waals surface area contributed by atoms with Crippen molar-refractivity contribution in [2.75, 3.05) is 55.0 Å². The molecule has 0 bridgehead atoms. The fourth-order valence-electron chi connectivity index (χ4n) is 2.59. The Labute approximate surface area is 125 Å². The van der Waals surface area contributed by atoms with Crippen molar-refractivity contribution in [1.29, 1.82) is 0 Å². The van der Waals surface area contributed by atoms with Crippen LogP contribution >= 0.6 is 0 Å². The third kappa shape index (κ3) is 3.07. The normalized spacial score (nSPS) is 15.1. The second-order valence-corrected chi connectivity index (χ2v) is 5.44. The maximum Gasteiger partial charge on any atom is 0.134 e. The second kappa shape index (κ2) is 5.99. The molecule has 1 aromatic heterocycles. The van der Waals surface area contributed by atoms with E-state index in [-0.39, 0.29) is 0 Å². The van der Waals surface area contributed by atoms with Gasteiger partial charge in [0.05, 0.1) is 0 Å². The number of rotatable bonds is 3. The number of benzene rings is 1. The van der Waals surface area contributed by atoms with E-state index in [1.807, 2.05) is 19.0 Å². The molecule has 2 aromatic rings. The van der Waals surface area contributed by atoms with Crippen LogP contribution in [0.5, 0.6) is 0 Å². The molecule has 0 amide bonds. The number of aromatic nitrogens is 2. The highest BCUT2D eigenvalue weighted by Gasteiger charge is 2.18. The van der Waals surface area contributed by atoms with Gasteiger partial charge in [0.1, 0.15) is 18.0 Å². The quantitative estimate of drug-likeness (QED) is 0.859. The zero-order chi connectivity index (χ0) is 14.7. The van der Waals surface area contributed by atoms with E-state index in [0.717, 1.165) is 37.8 Å². The number of anilines is 3. The first-order chi connectivity index (χ1) is 10.2. The lowest BCUT2D eigenvalue weighted by molar-refractivity contribution is 0.646. The molecule has 21 heavy (non-hydrogen) atoms. The second-order valence-electron chi connectivity index (χ2n) is 5.44. The van der Waals surface area contributed by atoms with Crippen LogP contribution < -0.4 is 14.7 Å². The molecule has 0 spiro atoms. The van der Waals surface area contributed by atoms with Gasteiger partial charge < -0.3 is 14.7 Å². The van der Waals surface area contributed by atoms with E-state index in [4.69, 9.17) is 0 Å². The van der Waals surface area contributed by atoms with Gasteiger partial charge in [0, 0.05) is 52.0 Å². The molecule has 1 fully saturated rings. The average molecular weight is 283 g/mol. The molecule has 1 saturated heterocycles. The van der Waals surface area contributed by atoms with E-state index in [0.29, 0.717) is 0 Å². The van der Waals surface area contributed by atoms with Crippen molar-refractivity contribution in [2.24, 2.45) is 0 Å². The van der Waals surface area contributed by atoms with Crippen molar-refractivity contribution in [3.8, 4) is 0 Å². The van der Waals surface area contributed by atoms with Gasteiger partial charge in [0.15, 0.2) is 0 Å². The minimum atomic E-state index is 0.950. The molecule has 110 valence electrons. The first kappa shape index (κ1) is 13.7. The molecular weight excluding hydrogens is 262 g/mol. The van der Waals surface area contributed by atoms with Crippen LogP contribution in [0.3, 0.4) is 0 Å². The number of nitrogens with zero attached hydrogens (tertiary/aromatic N) is 5. The van der Waals surface area contributed by atoms with Gasteiger partial charge >= 0.3 is 0 Å². The van der Waals surface area contributed by atoms with Crippen molar-refractivity contribution in [3.05, 3.63) is 42.7 Å². The van der Waals surface area contributed by atoms with Gasteiger partial charge in [-0.05, 0) is 12.1 Å². The Morgan fingerprint density at radius 1 is 0.905 bits per heavy atom. The van der Waals surface area contributed by atoms with Crippen molar-refractivity contribution in [2.45, 2.75) is 0 Å². The number of hydrogen-bond donors (Lipinski definition) is 0. The highest BCUT2D eigenvalue weighted by Crippen LogP contribution is 2.20. The summed E-state index contributed by atoms with van der Waals surface area (Å²) in [5.74, 6) is 1.96. The highest BCUT2D eigenvalue weighted by molar-refractivity contribution is 5.52. The molecule has 0 N–H and O–H groups in total.